The number of nitrogens with zero attached hydrogens (tertiary/aromatic N) is 2. The molecule has 7 nitrogen and oxygen atoms in total. The fourth-order valence-electron chi connectivity index (χ4n) is 4.18. The highest BCUT2D eigenvalue weighted by Gasteiger charge is 2.46. The maximum absolute atomic E-state index is 13.3. The van der Waals surface area contributed by atoms with Gasteiger partial charge in [-0.3, -0.25) is 14.6 Å². The first-order valence-electron chi connectivity index (χ1n) is 11.6. The predicted octanol–water partition coefficient (Wildman–Crippen LogP) is 4.81. The van der Waals surface area contributed by atoms with Gasteiger partial charge in [-0.15, -0.1) is 0 Å². The van der Waals surface area contributed by atoms with Crippen LogP contribution in [0.25, 0.3) is 5.76 Å². The SMILES string of the molecule is CCOc1ccc(C2C(=C(O)c3ccc(C)cc3)C(=O)C(=O)N2Cc2cccnc2)cc1OCC. The van der Waals surface area contributed by atoms with Gasteiger partial charge in [0.25, 0.3) is 11.7 Å². The van der Waals surface area contributed by atoms with Crippen molar-refractivity contribution in [2.24, 2.45) is 0 Å². The number of hydrogen-bond donors (Lipinski definition) is 1. The Hall–Kier alpha value is -4.13. The second-order valence-corrected chi connectivity index (χ2v) is 8.23. The van der Waals surface area contributed by atoms with Crippen molar-refractivity contribution in [3.05, 3.63) is 94.8 Å². The van der Waals surface area contributed by atoms with Gasteiger partial charge in [-0.05, 0) is 50.1 Å². The van der Waals surface area contributed by atoms with E-state index in [1.165, 1.54) is 4.90 Å². The number of ketones is 1. The van der Waals surface area contributed by atoms with Crippen LogP contribution < -0.4 is 9.47 Å². The lowest BCUT2D eigenvalue weighted by molar-refractivity contribution is -0.140. The van der Waals surface area contributed by atoms with Gasteiger partial charge in [-0.25, -0.2) is 0 Å². The number of pyridine rings is 1. The average Bonchev–Trinajstić information content (AvgIpc) is 3.11. The summed E-state index contributed by atoms with van der Waals surface area (Å²) in [6, 6.07) is 15.3. The van der Waals surface area contributed by atoms with Gasteiger partial charge in [0, 0.05) is 24.5 Å². The normalized spacial score (nSPS) is 17.0. The Morgan fingerprint density at radius 2 is 1.71 bits per heavy atom. The summed E-state index contributed by atoms with van der Waals surface area (Å²) >= 11 is 0. The topological polar surface area (TPSA) is 89.0 Å². The molecule has 1 atom stereocenters. The van der Waals surface area contributed by atoms with Crippen molar-refractivity contribution in [2.75, 3.05) is 13.2 Å². The maximum atomic E-state index is 13.3. The van der Waals surface area contributed by atoms with E-state index >= 15 is 0 Å². The van der Waals surface area contributed by atoms with E-state index in [-0.39, 0.29) is 17.9 Å². The van der Waals surface area contributed by atoms with Gasteiger partial charge in [-0.1, -0.05) is 42.0 Å². The summed E-state index contributed by atoms with van der Waals surface area (Å²) in [7, 11) is 0. The summed E-state index contributed by atoms with van der Waals surface area (Å²) in [4.78, 5) is 32.1. The molecule has 7 heteroatoms. The molecule has 1 aromatic heterocycles. The third kappa shape index (κ3) is 4.89. The van der Waals surface area contributed by atoms with Gasteiger partial charge < -0.3 is 19.5 Å². The smallest absolute Gasteiger partial charge is 0.295 e. The molecular weight excluding hydrogens is 444 g/mol. The molecule has 1 N–H and O–H groups in total. The Morgan fingerprint density at radius 1 is 1.00 bits per heavy atom. The molecule has 1 aliphatic heterocycles. The third-order valence-electron chi connectivity index (χ3n) is 5.82. The number of benzene rings is 2. The van der Waals surface area contributed by atoms with Gasteiger partial charge >= 0.3 is 0 Å². The fraction of sp³-hybridized carbons (Fsp3) is 0.250. The molecule has 1 saturated heterocycles. The number of Topliss-reactive ketones (excluding diaryl/α,β-unsaturated/α-hetero) is 1. The molecule has 180 valence electrons. The van der Waals surface area contributed by atoms with E-state index in [1.54, 1.807) is 48.8 Å². The lowest BCUT2D eigenvalue weighted by Crippen LogP contribution is -2.29. The minimum absolute atomic E-state index is 0.0364. The molecule has 0 spiro atoms. The van der Waals surface area contributed by atoms with Crippen molar-refractivity contribution in [3.8, 4) is 11.5 Å². The van der Waals surface area contributed by atoms with Crippen LogP contribution in [0.2, 0.25) is 0 Å². The first kappa shape index (κ1) is 24.0. The van der Waals surface area contributed by atoms with Crippen molar-refractivity contribution < 1.29 is 24.2 Å². The van der Waals surface area contributed by atoms with E-state index in [9.17, 15) is 14.7 Å². The number of carbonyl (C=O) groups excluding carboxylic acids is 2. The number of carbonyl (C=O) groups is 2. The largest absolute Gasteiger partial charge is 0.507 e. The van der Waals surface area contributed by atoms with Crippen molar-refractivity contribution >= 4 is 17.4 Å². The standard InChI is InChI=1S/C28H28N2O5/c1-4-34-22-13-12-21(15-23(22)35-5-2)25-24(26(31)20-10-8-18(3)9-11-20)27(32)28(33)30(25)17-19-7-6-14-29-16-19/h6-16,25,31H,4-5,17H2,1-3H3. The van der Waals surface area contributed by atoms with Crippen molar-refractivity contribution in [2.45, 2.75) is 33.4 Å². The van der Waals surface area contributed by atoms with E-state index in [0.717, 1.165) is 11.1 Å². The summed E-state index contributed by atoms with van der Waals surface area (Å²) in [5.41, 5.74) is 2.92. The number of aliphatic hydroxyl groups is 1. The van der Waals surface area contributed by atoms with E-state index in [4.69, 9.17) is 9.47 Å². The van der Waals surface area contributed by atoms with E-state index in [1.807, 2.05) is 39.0 Å². The number of aliphatic hydroxyl groups excluding tert-OH is 1. The maximum Gasteiger partial charge on any atom is 0.295 e. The molecular formula is C28H28N2O5. The quantitative estimate of drug-likeness (QED) is 0.288. The number of likely N-dealkylation sites (tertiary alicyclic amines) is 1. The van der Waals surface area contributed by atoms with Gasteiger partial charge in [0.05, 0.1) is 24.8 Å². The van der Waals surface area contributed by atoms with Gasteiger partial charge in [0.1, 0.15) is 5.76 Å². The highest BCUT2D eigenvalue weighted by Crippen LogP contribution is 2.42. The first-order chi connectivity index (χ1) is 16.9. The minimum atomic E-state index is -0.814. The monoisotopic (exact) mass is 472 g/mol. The molecule has 1 unspecified atom stereocenters. The zero-order valence-corrected chi connectivity index (χ0v) is 20.0. The Balaban J connectivity index is 1.88. The summed E-state index contributed by atoms with van der Waals surface area (Å²) in [6.07, 6.45) is 3.30. The van der Waals surface area contributed by atoms with Crippen LogP contribution in [-0.4, -0.2) is 39.9 Å². The second kappa shape index (κ2) is 10.4. The van der Waals surface area contributed by atoms with Crippen LogP contribution in [0.3, 0.4) is 0 Å². The third-order valence-corrected chi connectivity index (χ3v) is 5.82. The molecule has 0 saturated carbocycles. The number of hydrogen-bond acceptors (Lipinski definition) is 6. The number of ether oxygens (including phenoxy) is 2. The van der Waals surface area contributed by atoms with E-state index in [2.05, 4.69) is 4.98 Å². The Labute approximate surface area is 204 Å². The molecule has 2 aromatic carbocycles. The number of aromatic nitrogens is 1. The Morgan fingerprint density at radius 3 is 2.37 bits per heavy atom. The van der Waals surface area contributed by atoms with Crippen LogP contribution in [0.4, 0.5) is 0 Å². The Bertz CT molecular complexity index is 1250. The molecule has 0 aliphatic carbocycles. The van der Waals surface area contributed by atoms with Crippen LogP contribution in [0, 0.1) is 6.92 Å². The van der Waals surface area contributed by atoms with Crippen LogP contribution in [0.15, 0.2) is 72.6 Å². The summed E-state index contributed by atoms with van der Waals surface area (Å²) < 4.78 is 11.5. The lowest BCUT2D eigenvalue weighted by atomic mass is 9.94. The first-order valence-corrected chi connectivity index (χ1v) is 11.6. The molecule has 1 amide bonds. The van der Waals surface area contributed by atoms with Crippen LogP contribution >= 0.6 is 0 Å². The van der Waals surface area contributed by atoms with E-state index < -0.39 is 17.7 Å². The van der Waals surface area contributed by atoms with Gasteiger partial charge in [-0.2, -0.15) is 0 Å². The highest BCUT2D eigenvalue weighted by atomic mass is 16.5. The number of aryl methyl sites for hydroxylation is 1. The summed E-state index contributed by atoms with van der Waals surface area (Å²) in [6.45, 7) is 6.73. The molecule has 4 rings (SSSR count). The summed E-state index contributed by atoms with van der Waals surface area (Å²) in [5.74, 6) is -0.549. The summed E-state index contributed by atoms with van der Waals surface area (Å²) in [5, 5.41) is 11.2. The lowest BCUT2D eigenvalue weighted by Gasteiger charge is -2.26. The van der Waals surface area contributed by atoms with Crippen molar-refractivity contribution in [3.63, 3.8) is 0 Å². The minimum Gasteiger partial charge on any atom is -0.507 e. The highest BCUT2D eigenvalue weighted by molar-refractivity contribution is 6.46. The molecule has 1 fully saturated rings. The molecule has 1 aliphatic rings. The van der Waals surface area contributed by atoms with Crippen LogP contribution in [-0.2, 0) is 16.1 Å². The molecule has 0 radical (unpaired) electrons. The van der Waals surface area contributed by atoms with E-state index in [0.29, 0.717) is 35.8 Å². The zero-order chi connectivity index (χ0) is 24.9. The van der Waals surface area contributed by atoms with Gasteiger partial charge in [0.2, 0.25) is 0 Å². The van der Waals surface area contributed by atoms with Gasteiger partial charge in [0.15, 0.2) is 11.5 Å². The zero-order valence-electron chi connectivity index (χ0n) is 20.0. The Kier molecular flexibility index (Phi) is 7.15. The molecule has 0 bridgehead atoms. The van der Waals surface area contributed by atoms with Crippen molar-refractivity contribution in [1.82, 2.24) is 9.88 Å². The molecule has 2 heterocycles. The van der Waals surface area contributed by atoms with Crippen LogP contribution in [0.5, 0.6) is 11.5 Å². The fourth-order valence-corrected chi connectivity index (χ4v) is 4.18. The molecule has 3 aromatic rings. The second-order valence-electron chi connectivity index (χ2n) is 8.23. The molecule has 35 heavy (non-hydrogen) atoms. The average molecular weight is 473 g/mol. The predicted molar refractivity (Wildman–Crippen MR) is 132 cm³/mol. The van der Waals surface area contributed by atoms with Crippen LogP contribution in [0.1, 0.15) is 42.1 Å². The number of rotatable bonds is 8. The van der Waals surface area contributed by atoms with Crippen molar-refractivity contribution in [1.29, 1.82) is 0 Å². The number of amides is 1.